The van der Waals surface area contributed by atoms with E-state index in [1.165, 1.54) is 36.2 Å². The molecule has 0 unspecified atom stereocenters. The summed E-state index contributed by atoms with van der Waals surface area (Å²) < 4.78 is 18.8. The zero-order chi connectivity index (χ0) is 25.2. The van der Waals surface area contributed by atoms with Crippen LogP contribution in [0.1, 0.15) is 24.1 Å². The normalized spacial score (nSPS) is 11.5. The number of hydrogen-bond acceptors (Lipinski definition) is 4. The number of benzene rings is 3. The number of nitrogens with one attached hydrogen (secondary N) is 3. The Labute approximate surface area is 208 Å². The molecule has 0 radical (unpaired) electrons. The number of anilines is 1. The van der Waals surface area contributed by atoms with Crippen molar-refractivity contribution in [3.8, 4) is 11.5 Å². The van der Waals surface area contributed by atoms with E-state index in [1.54, 1.807) is 30.5 Å². The van der Waals surface area contributed by atoms with E-state index in [4.69, 9.17) is 4.74 Å². The number of aromatic amines is 1. The summed E-state index contributed by atoms with van der Waals surface area (Å²) in [4.78, 5) is 32.5. The molecule has 0 fully saturated rings. The van der Waals surface area contributed by atoms with Gasteiger partial charge in [-0.1, -0.05) is 30.3 Å². The van der Waals surface area contributed by atoms with Crippen LogP contribution in [0, 0.1) is 5.82 Å². The third-order valence-corrected chi connectivity index (χ3v) is 5.53. The second-order valence-electron chi connectivity index (χ2n) is 8.32. The van der Waals surface area contributed by atoms with Crippen LogP contribution in [0.25, 0.3) is 0 Å². The van der Waals surface area contributed by atoms with E-state index >= 15 is 0 Å². The van der Waals surface area contributed by atoms with Gasteiger partial charge in [-0.15, -0.1) is 0 Å². The fraction of sp³-hybridized carbons (Fsp3) is 0.179. The Morgan fingerprint density at radius 2 is 1.64 bits per heavy atom. The van der Waals surface area contributed by atoms with Gasteiger partial charge >= 0.3 is 0 Å². The first kappa shape index (κ1) is 24.7. The topological polar surface area (TPSA) is 96.1 Å². The Bertz CT molecular complexity index is 1240. The van der Waals surface area contributed by atoms with Crippen molar-refractivity contribution in [1.82, 2.24) is 15.3 Å². The van der Waals surface area contributed by atoms with Crippen LogP contribution in [0.4, 0.5) is 10.1 Å². The van der Waals surface area contributed by atoms with Gasteiger partial charge in [-0.3, -0.25) is 9.59 Å². The average molecular weight is 487 g/mol. The molecule has 0 aliphatic heterocycles. The number of aryl methyl sites for hydroxylation is 1. The number of hydrogen-bond donors (Lipinski definition) is 3. The number of carbonyl (C=O) groups is 2. The van der Waals surface area contributed by atoms with Crippen molar-refractivity contribution in [1.29, 1.82) is 0 Å². The standard InChI is InChI=1S/C28H27FN4O3/c29-21-9-13-24(14-10-21)36-25-15-11-22(12-16-25)32-28(35)26(8-4-7-20-5-2-1-3-6-20)33-27(34)17-23-18-30-19-31-23/h1-3,5-6,9-16,18-19,26H,4,7-8,17H2,(H,30,31)(H,32,35)(H,33,34)/t26-/m0/s1. The third-order valence-electron chi connectivity index (χ3n) is 5.53. The largest absolute Gasteiger partial charge is 0.457 e. The predicted molar refractivity (Wildman–Crippen MR) is 135 cm³/mol. The van der Waals surface area contributed by atoms with Crippen molar-refractivity contribution in [2.45, 2.75) is 31.7 Å². The predicted octanol–water partition coefficient (Wildman–Crippen LogP) is 5.03. The van der Waals surface area contributed by atoms with Crippen molar-refractivity contribution in [2.24, 2.45) is 0 Å². The summed E-state index contributed by atoms with van der Waals surface area (Å²) in [6.07, 6.45) is 5.22. The zero-order valence-corrected chi connectivity index (χ0v) is 19.6. The third kappa shape index (κ3) is 7.53. The molecule has 0 aliphatic rings. The average Bonchev–Trinajstić information content (AvgIpc) is 3.39. The first-order chi connectivity index (χ1) is 17.5. The van der Waals surface area contributed by atoms with Crippen molar-refractivity contribution in [2.75, 3.05) is 5.32 Å². The van der Waals surface area contributed by atoms with Crippen LogP contribution in [-0.4, -0.2) is 27.8 Å². The molecule has 184 valence electrons. The number of carbonyl (C=O) groups excluding carboxylic acids is 2. The number of aromatic nitrogens is 2. The monoisotopic (exact) mass is 486 g/mol. The zero-order valence-electron chi connectivity index (χ0n) is 19.6. The molecule has 1 atom stereocenters. The van der Waals surface area contributed by atoms with E-state index < -0.39 is 6.04 Å². The molecule has 0 aliphatic carbocycles. The highest BCUT2D eigenvalue weighted by Gasteiger charge is 2.21. The van der Waals surface area contributed by atoms with Crippen LogP contribution < -0.4 is 15.4 Å². The highest BCUT2D eigenvalue weighted by Crippen LogP contribution is 2.23. The molecular weight excluding hydrogens is 459 g/mol. The molecule has 2 amide bonds. The Morgan fingerprint density at radius 1 is 0.944 bits per heavy atom. The van der Waals surface area contributed by atoms with Gasteiger partial charge in [0.15, 0.2) is 0 Å². The molecule has 0 bridgehead atoms. The number of ether oxygens (including phenoxy) is 1. The Hall–Kier alpha value is -4.46. The summed E-state index contributed by atoms with van der Waals surface area (Å²) in [5, 5.41) is 5.73. The van der Waals surface area contributed by atoms with Gasteiger partial charge in [0.1, 0.15) is 23.4 Å². The van der Waals surface area contributed by atoms with E-state index in [-0.39, 0.29) is 24.1 Å². The Morgan fingerprint density at radius 3 is 2.31 bits per heavy atom. The highest BCUT2D eigenvalue weighted by molar-refractivity contribution is 5.97. The van der Waals surface area contributed by atoms with Crippen molar-refractivity contribution < 1.29 is 18.7 Å². The first-order valence-electron chi connectivity index (χ1n) is 11.7. The molecule has 0 spiro atoms. The molecule has 4 rings (SSSR count). The van der Waals surface area contributed by atoms with Crippen LogP contribution >= 0.6 is 0 Å². The summed E-state index contributed by atoms with van der Waals surface area (Å²) in [7, 11) is 0. The SMILES string of the molecule is O=C(Cc1cnc[nH]1)N[C@@H](CCCc1ccccc1)C(=O)Nc1ccc(Oc2ccc(F)cc2)cc1. The van der Waals surface area contributed by atoms with Gasteiger partial charge in [0.2, 0.25) is 11.8 Å². The van der Waals surface area contributed by atoms with Gasteiger partial charge in [-0.05, 0) is 73.4 Å². The van der Waals surface area contributed by atoms with Crippen molar-refractivity contribution in [3.05, 3.63) is 108 Å². The lowest BCUT2D eigenvalue weighted by Crippen LogP contribution is -2.44. The van der Waals surface area contributed by atoms with Crippen LogP contribution in [0.2, 0.25) is 0 Å². The number of halogens is 1. The van der Waals surface area contributed by atoms with E-state index in [2.05, 4.69) is 20.6 Å². The summed E-state index contributed by atoms with van der Waals surface area (Å²) in [5.74, 6) is 0.157. The van der Waals surface area contributed by atoms with Crippen molar-refractivity contribution >= 4 is 17.5 Å². The lowest BCUT2D eigenvalue weighted by atomic mass is 10.0. The number of amides is 2. The fourth-order valence-electron chi connectivity index (χ4n) is 3.70. The first-order valence-corrected chi connectivity index (χ1v) is 11.7. The highest BCUT2D eigenvalue weighted by atomic mass is 19.1. The van der Waals surface area contributed by atoms with Crippen LogP contribution in [0.3, 0.4) is 0 Å². The number of nitrogens with zero attached hydrogens (tertiary/aromatic N) is 1. The minimum absolute atomic E-state index is 0.109. The smallest absolute Gasteiger partial charge is 0.246 e. The summed E-state index contributed by atoms with van der Waals surface area (Å²) in [6.45, 7) is 0. The molecule has 1 heterocycles. The minimum atomic E-state index is -0.695. The maximum Gasteiger partial charge on any atom is 0.246 e. The molecular formula is C28H27FN4O3. The number of imidazole rings is 1. The molecule has 3 N–H and O–H groups in total. The summed E-state index contributed by atoms with van der Waals surface area (Å²) in [5.41, 5.74) is 2.42. The van der Waals surface area contributed by atoms with E-state index in [0.717, 1.165) is 12.8 Å². The maximum atomic E-state index is 13.1. The quantitative estimate of drug-likeness (QED) is 0.277. The van der Waals surface area contributed by atoms with Gasteiger partial charge in [-0.2, -0.15) is 0 Å². The summed E-state index contributed by atoms with van der Waals surface area (Å²) >= 11 is 0. The molecule has 0 saturated heterocycles. The second kappa shape index (κ2) is 12.3. The van der Waals surface area contributed by atoms with E-state index in [9.17, 15) is 14.0 Å². The number of rotatable bonds is 11. The second-order valence-corrected chi connectivity index (χ2v) is 8.32. The molecule has 8 heteroatoms. The Balaban J connectivity index is 1.36. The molecule has 4 aromatic rings. The molecule has 3 aromatic carbocycles. The maximum absolute atomic E-state index is 13.1. The van der Waals surface area contributed by atoms with Gasteiger partial charge in [0.25, 0.3) is 0 Å². The molecule has 1 aromatic heterocycles. The number of H-pyrrole nitrogens is 1. The lowest BCUT2D eigenvalue weighted by Gasteiger charge is -2.19. The van der Waals surface area contributed by atoms with Gasteiger partial charge in [0.05, 0.1) is 12.7 Å². The molecule has 0 saturated carbocycles. The van der Waals surface area contributed by atoms with Crippen LogP contribution in [0.15, 0.2) is 91.4 Å². The van der Waals surface area contributed by atoms with E-state index in [1.807, 2.05) is 30.3 Å². The molecule has 36 heavy (non-hydrogen) atoms. The lowest BCUT2D eigenvalue weighted by molar-refractivity contribution is -0.126. The van der Waals surface area contributed by atoms with Gasteiger partial charge < -0.3 is 20.4 Å². The van der Waals surface area contributed by atoms with Crippen molar-refractivity contribution in [3.63, 3.8) is 0 Å². The van der Waals surface area contributed by atoms with Crippen LogP contribution in [0.5, 0.6) is 11.5 Å². The fourth-order valence-corrected chi connectivity index (χ4v) is 3.70. The van der Waals surface area contributed by atoms with Gasteiger partial charge in [-0.25, -0.2) is 9.37 Å². The summed E-state index contributed by atoms with van der Waals surface area (Å²) in [6, 6.07) is 21.9. The van der Waals surface area contributed by atoms with E-state index in [0.29, 0.717) is 29.3 Å². The van der Waals surface area contributed by atoms with Gasteiger partial charge in [0, 0.05) is 17.6 Å². The Kier molecular flexibility index (Phi) is 8.43. The van der Waals surface area contributed by atoms with Crippen LogP contribution in [-0.2, 0) is 22.4 Å². The molecule has 7 nitrogen and oxygen atoms in total. The minimum Gasteiger partial charge on any atom is -0.457 e.